The van der Waals surface area contributed by atoms with Gasteiger partial charge in [0, 0.05) is 9.52 Å². The first-order valence-electron chi connectivity index (χ1n) is 4.76. The van der Waals surface area contributed by atoms with Crippen LogP contribution in [0.1, 0.15) is 5.56 Å². The summed E-state index contributed by atoms with van der Waals surface area (Å²) in [6.07, 6.45) is 4.07. The highest BCUT2D eigenvalue weighted by atomic mass is 28.2. The molecule has 0 radical (unpaired) electrons. The first-order valence-corrected chi connectivity index (χ1v) is 7.59. The zero-order chi connectivity index (χ0) is 9.52. The number of ether oxygens (including phenoxy) is 1. The molecule has 2 aliphatic rings. The highest BCUT2D eigenvalue weighted by Gasteiger charge is 1.94. The van der Waals surface area contributed by atoms with E-state index in [1.165, 1.54) is 5.56 Å². The smallest absolute Gasteiger partial charge is 0.119 e. The molecule has 0 aliphatic carbocycles. The van der Waals surface area contributed by atoms with Crippen LogP contribution >= 0.6 is 0 Å². The van der Waals surface area contributed by atoms with Crippen molar-refractivity contribution < 1.29 is 4.74 Å². The lowest BCUT2D eigenvalue weighted by molar-refractivity contribution is 0.363. The minimum Gasteiger partial charge on any atom is -0.490 e. The van der Waals surface area contributed by atoms with Gasteiger partial charge in [-0.15, -0.1) is 0 Å². The second-order valence-corrected chi connectivity index (χ2v) is 4.40. The fraction of sp³-hybridized carbons (Fsp3) is 0.273. The Morgan fingerprint density at radius 1 is 1.15 bits per heavy atom. The Kier molecular flexibility index (Phi) is 4.33. The number of rotatable bonds is 0. The maximum Gasteiger partial charge on any atom is 0.119 e. The van der Waals surface area contributed by atoms with Crippen molar-refractivity contribution in [3.63, 3.8) is 0 Å². The van der Waals surface area contributed by atoms with Crippen molar-refractivity contribution in [2.45, 2.75) is 13.1 Å². The Balaban J connectivity index is 0.000000251. The fourth-order valence-electron chi connectivity index (χ4n) is 1.00. The first-order chi connectivity index (χ1) is 6.36. The van der Waals surface area contributed by atoms with E-state index in [-0.39, 0.29) is 0 Å². The molecule has 0 aromatic heterocycles. The summed E-state index contributed by atoms with van der Waals surface area (Å²) in [4.78, 5) is 0. The normalized spacial score (nSPS) is 12.2. The number of hydrogen-bond donors (Lipinski definition) is 0. The molecule has 0 saturated carbocycles. The molecule has 2 heteroatoms. The van der Waals surface area contributed by atoms with Crippen LogP contribution in [0.15, 0.2) is 30.3 Å². The number of fused-ring (bicyclic) bond motifs is 4. The molecule has 0 spiro atoms. The van der Waals surface area contributed by atoms with Gasteiger partial charge in [-0.05, 0) is 23.8 Å². The highest BCUT2D eigenvalue weighted by Crippen LogP contribution is 2.15. The van der Waals surface area contributed by atoms with Crippen molar-refractivity contribution in [3.8, 4) is 5.75 Å². The van der Waals surface area contributed by atoms with E-state index < -0.39 is 0 Å². The first kappa shape index (κ1) is 10.1. The second-order valence-electron chi connectivity index (χ2n) is 2.99. The van der Waals surface area contributed by atoms with Crippen molar-refractivity contribution >= 4 is 15.6 Å². The molecule has 70 valence electrons. The SMILES string of the molecule is C1=Cc2ccc(cc2)OC1.C[SiH2]C. The molecule has 1 aromatic carbocycles. The average molecular weight is 192 g/mol. The van der Waals surface area contributed by atoms with Crippen molar-refractivity contribution in [3.05, 3.63) is 35.9 Å². The van der Waals surface area contributed by atoms with E-state index in [2.05, 4.69) is 19.2 Å². The van der Waals surface area contributed by atoms with Gasteiger partial charge < -0.3 is 4.74 Å². The van der Waals surface area contributed by atoms with Crippen molar-refractivity contribution in [1.82, 2.24) is 0 Å². The van der Waals surface area contributed by atoms with Crippen LogP contribution in [0, 0.1) is 0 Å². The van der Waals surface area contributed by atoms with Gasteiger partial charge in [-0.1, -0.05) is 31.3 Å². The lowest BCUT2D eigenvalue weighted by Crippen LogP contribution is -1.94. The second kappa shape index (κ2) is 5.59. The van der Waals surface area contributed by atoms with Crippen LogP contribution in [0.4, 0.5) is 0 Å². The van der Waals surface area contributed by atoms with E-state index in [0.717, 1.165) is 5.75 Å². The van der Waals surface area contributed by atoms with Crippen LogP contribution in [-0.4, -0.2) is 16.1 Å². The average Bonchev–Trinajstić information content (AvgIpc) is 2.07. The van der Waals surface area contributed by atoms with Gasteiger partial charge in [-0.3, -0.25) is 0 Å². The Hall–Kier alpha value is -1.02. The Bertz CT molecular complexity index is 264. The van der Waals surface area contributed by atoms with Crippen LogP contribution in [-0.2, 0) is 0 Å². The third-order valence-corrected chi connectivity index (χ3v) is 1.54. The molecule has 0 fully saturated rings. The molecule has 0 saturated heterocycles. The zero-order valence-electron chi connectivity index (χ0n) is 8.29. The van der Waals surface area contributed by atoms with Crippen molar-refractivity contribution in [2.75, 3.05) is 6.61 Å². The maximum atomic E-state index is 5.31. The van der Waals surface area contributed by atoms with Gasteiger partial charge in [-0.2, -0.15) is 0 Å². The van der Waals surface area contributed by atoms with Crippen molar-refractivity contribution in [2.24, 2.45) is 0 Å². The van der Waals surface area contributed by atoms with Crippen LogP contribution in [0.25, 0.3) is 6.08 Å². The van der Waals surface area contributed by atoms with E-state index in [4.69, 9.17) is 4.74 Å². The van der Waals surface area contributed by atoms with E-state index in [1.54, 1.807) is 0 Å². The molecule has 1 nitrogen and oxygen atoms in total. The third-order valence-electron chi connectivity index (χ3n) is 1.54. The summed E-state index contributed by atoms with van der Waals surface area (Å²) in [5.41, 5.74) is 1.24. The van der Waals surface area contributed by atoms with Gasteiger partial charge in [-0.25, -0.2) is 0 Å². The van der Waals surface area contributed by atoms with Gasteiger partial charge in [0.25, 0.3) is 0 Å². The van der Waals surface area contributed by atoms with E-state index in [0.29, 0.717) is 16.1 Å². The minimum absolute atomic E-state index is 0.417. The molecular weight excluding hydrogens is 176 g/mol. The fourth-order valence-corrected chi connectivity index (χ4v) is 1.00. The van der Waals surface area contributed by atoms with Gasteiger partial charge >= 0.3 is 0 Å². The van der Waals surface area contributed by atoms with E-state index in [1.807, 2.05) is 30.3 Å². The quantitative estimate of drug-likeness (QED) is 0.573. The predicted octanol–water partition coefficient (Wildman–Crippen LogP) is 2.34. The molecule has 0 amide bonds. The predicted molar refractivity (Wildman–Crippen MR) is 61.2 cm³/mol. The largest absolute Gasteiger partial charge is 0.490 e. The van der Waals surface area contributed by atoms with Gasteiger partial charge in [0.2, 0.25) is 0 Å². The summed E-state index contributed by atoms with van der Waals surface area (Å²) in [5, 5.41) is 0. The van der Waals surface area contributed by atoms with Crippen molar-refractivity contribution in [1.29, 1.82) is 0 Å². The number of hydrogen-bond acceptors (Lipinski definition) is 1. The minimum atomic E-state index is 0.417. The summed E-state index contributed by atoms with van der Waals surface area (Å²) in [7, 11) is 0.417. The van der Waals surface area contributed by atoms with Crippen LogP contribution < -0.4 is 4.74 Å². The summed E-state index contributed by atoms with van der Waals surface area (Å²) >= 11 is 0. The van der Waals surface area contributed by atoms with Crippen LogP contribution in [0.2, 0.25) is 13.1 Å². The molecular formula is C11H16OSi. The van der Waals surface area contributed by atoms with E-state index >= 15 is 0 Å². The number of benzene rings is 1. The monoisotopic (exact) mass is 192 g/mol. The molecule has 3 rings (SSSR count). The topological polar surface area (TPSA) is 9.23 Å². The van der Waals surface area contributed by atoms with Gasteiger partial charge in [0.05, 0.1) is 0 Å². The molecule has 13 heavy (non-hydrogen) atoms. The molecule has 0 atom stereocenters. The Labute approximate surface area is 82.3 Å². The Morgan fingerprint density at radius 3 is 2.38 bits per heavy atom. The highest BCUT2D eigenvalue weighted by molar-refractivity contribution is 6.31. The van der Waals surface area contributed by atoms with Gasteiger partial charge in [0.1, 0.15) is 12.4 Å². The summed E-state index contributed by atoms with van der Waals surface area (Å²) in [6, 6.07) is 8.06. The zero-order valence-corrected chi connectivity index (χ0v) is 9.70. The van der Waals surface area contributed by atoms with Crippen LogP contribution in [0.5, 0.6) is 5.75 Å². The standard InChI is InChI=1S/C9H8O.C2H8Si/c1-2-8-3-5-9(6-4-8)10-7-1;1-3-2/h1-6H,7H2;3H2,1-2H3. The maximum absolute atomic E-state index is 5.31. The lowest BCUT2D eigenvalue weighted by atomic mass is 10.2. The molecule has 2 bridgehead atoms. The molecule has 2 heterocycles. The van der Waals surface area contributed by atoms with Crippen LogP contribution in [0.3, 0.4) is 0 Å². The summed E-state index contributed by atoms with van der Waals surface area (Å²) in [6.45, 7) is 5.22. The molecule has 0 N–H and O–H groups in total. The lowest BCUT2D eigenvalue weighted by Gasteiger charge is -2.06. The molecule has 1 aromatic rings. The van der Waals surface area contributed by atoms with Gasteiger partial charge in [0.15, 0.2) is 0 Å². The molecule has 2 aliphatic heterocycles. The third kappa shape index (κ3) is 3.47. The molecule has 0 unspecified atom stereocenters. The summed E-state index contributed by atoms with van der Waals surface area (Å²) < 4.78 is 5.31. The Morgan fingerprint density at radius 2 is 1.77 bits per heavy atom. The van der Waals surface area contributed by atoms with E-state index in [9.17, 15) is 0 Å². The summed E-state index contributed by atoms with van der Waals surface area (Å²) in [5.74, 6) is 0.952.